The van der Waals surface area contributed by atoms with Crippen LogP contribution >= 0.6 is 0 Å². The lowest BCUT2D eigenvalue weighted by atomic mass is 10.1. The Bertz CT molecular complexity index is 1350. The van der Waals surface area contributed by atoms with Gasteiger partial charge in [0, 0.05) is 37.5 Å². The molecule has 5 rings (SSSR count). The normalized spacial score (nSPS) is 17.0. The molecule has 2 amide bonds. The zero-order valence-electron chi connectivity index (χ0n) is 20.6. The quantitative estimate of drug-likeness (QED) is 0.505. The summed E-state index contributed by atoms with van der Waals surface area (Å²) >= 11 is 0. The molecule has 1 aromatic carbocycles. The van der Waals surface area contributed by atoms with Crippen LogP contribution in [0, 0.1) is 18.3 Å². The number of carbonyl (C=O) groups excluding carboxylic acids is 2. The van der Waals surface area contributed by atoms with E-state index in [0.717, 1.165) is 51.1 Å². The monoisotopic (exact) mass is 500 g/mol. The van der Waals surface area contributed by atoms with Crippen molar-refractivity contribution in [1.29, 1.82) is 5.26 Å². The summed E-state index contributed by atoms with van der Waals surface area (Å²) in [5.74, 6) is -0.676. The predicted molar refractivity (Wildman–Crippen MR) is 136 cm³/mol. The Balaban J connectivity index is 1.31. The fourth-order valence-electron chi connectivity index (χ4n) is 4.58. The highest BCUT2D eigenvalue weighted by atomic mass is 16.5. The number of ether oxygens (including phenoxy) is 1. The molecule has 0 radical (unpaired) electrons. The topological polar surface area (TPSA) is 138 Å². The maximum atomic E-state index is 13.1. The van der Waals surface area contributed by atoms with Crippen LogP contribution in [-0.2, 0) is 4.74 Å². The number of carbonyl (C=O) groups is 2. The predicted octanol–water partition coefficient (Wildman–Crippen LogP) is 2.60. The molecule has 2 saturated heterocycles. The van der Waals surface area contributed by atoms with E-state index in [1.54, 1.807) is 25.3 Å². The number of pyridine rings is 1. The number of nitriles is 1. The van der Waals surface area contributed by atoms with Crippen molar-refractivity contribution in [3.05, 3.63) is 59.2 Å². The largest absolute Gasteiger partial charge is 0.376 e. The molecular formula is C26H28N8O3. The molecule has 11 nitrogen and oxygen atoms in total. The summed E-state index contributed by atoms with van der Waals surface area (Å²) in [5, 5.41) is 23.2. The van der Waals surface area contributed by atoms with Gasteiger partial charge >= 0.3 is 0 Å². The van der Waals surface area contributed by atoms with Gasteiger partial charge in [0.1, 0.15) is 0 Å². The lowest BCUT2D eigenvalue weighted by molar-refractivity contribution is 0.0853. The molecule has 1 unspecified atom stereocenters. The molecule has 0 aliphatic carbocycles. The highest BCUT2D eigenvalue weighted by Crippen LogP contribution is 2.24. The summed E-state index contributed by atoms with van der Waals surface area (Å²) < 4.78 is 6.99. The van der Waals surface area contributed by atoms with Crippen molar-refractivity contribution >= 4 is 23.2 Å². The zero-order chi connectivity index (χ0) is 25.8. The van der Waals surface area contributed by atoms with E-state index >= 15 is 0 Å². The third-order valence-electron chi connectivity index (χ3n) is 6.59. The molecular weight excluding hydrogens is 472 g/mol. The van der Waals surface area contributed by atoms with Crippen LogP contribution in [0.25, 0.3) is 5.69 Å². The number of amides is 2. The number of nitrogens with zero attached hydrogens (tertiary/aromatic N) is 6. The molecule has 0 bridgehead atoms. The first kappa shape index (κ1) is 24.4. The highest BCUT2D eigenvalue weighted by molar-refractivity contribution is 6.05. The Morgan fingerprint density at radius 1 is 1.16 bits per heavy atom. The van der Waals surface area contributed by atoms with E-state index in [4.69, 9.17) is 4.74 Å². The van der Waals surface area contributed by atoms with Gasteiger partial charge in [-0.3, -0.25) is 14.6 Å². The lowest BCUT2D eigenvalue weighted by Crippen LogP contribution is -2.31. The third kappa shape index (κ3) is 5.59. The average molecular weight is 501 g/mol. The van der Waals surface area contributed by atoms with Crippen LogP contribution in [0.2, 0.25) is 0 Å². The maximum Gasteiger partial charge on any atom is 0.273 e. The first-order chi connectivity index (χ1) is 18.0. The van der Waals surface area contributed by atoms with Crippen molar-refractivity contribution in [2.45, 2.75) is 38.7 Å². The number of anilines is 2. The van der Waals surface area contributed by atoms with Gasteiger partial charge in [-0.05, 0) is 56.9 Å². The third-order valence-corrected chi connectivity index (χ3v) is 6.59. The number of nitrogens with one attached hydrogen (secondary N) is 2. The Morgan fingerprint density at radius 3 is 2.76 bits per heavy atom. The molecule has 1 atom stereocenters. The van der Waals surface area contributed by atoms with Gasteiger partial charge in [0.25, 0.3) is 11.8 Å². The molecule has 0 spiro atoms. The van der Waals surface area contributed by atoms with Crippen LogP contribution < -0.4 is 15.5 Å². The highest BCUT2D eigenvalue weighted by Gasteiger charge is 2.20. The van der Waals surface area contributed by atoms with E-state index in [0.29, 0.717) is 34.7 Å². The fourth-order valence-corrected chi connectivity index (χ4v) is 4.58. The number of aryl methyl sites for hydroxylation is 1. The van der Waals surface area contributed by atoms with Gasteiger partial charge in [-0.2, -0.15) is 5.26 Å². The zero-order valence-corrected chi connectivity index (χ0v) is 20.6. The van der Waals surface area contributed by atoms with Crippen LogP contribution in [-0.4, -0.2) is 64.1 Å². The van der Waals surface area contributed by atoms with Gasteiger partial charge in [-0.1, -0.05) is 5.21 Å². The van der Waals surface area contributed by atoms with Crippen molar-refractivity contribution in [3.8, 4) is 11.8 Å². The van der Waals surface area contributed by atoms with E-state index < -0.39 is 0 Å². The van der Waals surface area contributed by atoms with Crippen molar-refractivity contribution in [3.63, 3.8) is 0 Å². The molecule has 0 saturated carbocycles. The molecule has 37 heavy (non-hydrogen) atoms. The number of benzene rings is 1. The molecule has 2 aliphatic rings. The van der Waals surface area contributed by atoms with Crippen LogP contribution in [0.15, 0.2) is 36.7 Å². The number of aromatic nitrogens is 4. The van der Waals surface area contributed by atoms with Gasteiger partial charge < -0.3 is 20.3 Å². The minimum absolute atomic E-state index is 0.0333. The molecule has 4 heterocycles. The Kier molecular flexibility index (Phi) is 7.09. The summed E-state index contributed by atoms with van der Waals surface area (Å²) in [6, 6.07) is 9.07. The van der Waals surface area contributed by atoms with Crippen molar-refractivity contribution in [2.75, 3.05) is 36.5 Å². The van der Waals surface area contributed by atoms with E-state index in [1.807, 2.05) is 12.1 Å². The second-order valence-corrected chi connectivity index (χ2v) is 9.25. The van der Waals surface area contributed by atoms with Gasteiger partial charge in [0.15, 0.2) is 5.69 Å². The van der Waals surface area contributed by atoms with Gasteiger partial charge in [0.05, 0.1) is 47.2 Å². The van der Waals surface area contributed by atoms with E-state index in [9.17, 15) is 14.9 Å². The number of hydrogen-bond acceptors (Lipinski definition) is 8. The maximum absolute atomic E-state index is 13.1. The first-order valence-electron chi connectivity index (χ1n) is 12.4. The van der Waals surface area contributed by atoms with Gasteiger partial charge in [0.2, 0.25) is 0 Å². The summed E-state index contributed by atoms with van der Waals surface area (Å²) in [5.41, 5.74) is 3.56. The standard InChI is InChI=1S/C26H28N8O3/c1-17-24(34-16-23(31-32-34)26(36)29-15-22-5-4-8-37-22)12-20(14-28-17)30-25(35)19-9-18(13-27)10-21(11-19)33-6-2-3-7-33/h9-12,14,16,22H,2-8,15H2,1H3,(H,29,36)(H,30,35). The van der Waals surface area contributed by atoms with E-state index in [1.165, 1.54) is 10.9 Å². The second-order valence-electron chi connectivity index (χ2n) is 9.25. The molecule has 190 valence electrons. The SMILES string of the molecule is Cc1ncc(NC(=O)c2cc(C#N)cc(N3CCCC3)c2)cc1-n1cc(C(=O)NCC2CCCO2)nn1. The van der Waals surface area contributed by atoms with Crippen molar-refractivity contribution < 1.29 is 14.3 Å². The Labute approximate surface area is 214 Å². The van der Waals surface area contributed by atoms with Crippen molar-refractivity contribution in [2.24, 2.45) is 0 Å². The molecule has 2 fully saturated rings. The minimum atomic E-state index is -0.345. The summed E-state index contributed by atoms with van der Waals surface area (Å²) in [7, 11) is 0. The molecule has 3 aromatic rings. The van der Waals surface area contributed by atoms with E-state index in [-0.39, 0.29) is 23.6 Å². The van der Waals surface area contributed by atoms with Crippen LogP contribution in [0.1, 0.15) is 57.8 Å². The molecule has 2 aromatic heterocycles. The number of rotatable bonds is 7. The van der Waals surface area contributed by atoms with Crippen LogP contribution in [0.5, 0.6) is 0 Å². The van der Waals surface area contributed by atoms with E-state index in [2.05, 4.69) is 36.9 Å². The molecule has 2 aliphatic heterocycles. The van der Waals surface area contributed by atoms with Gasteiger partial charge in [-0.15, -0.1) is 5.10 Å². The summed E-state index contributed by atoms with van der Waals surface area (Å²) in [6.07, 6.45) is 7.23. The first-order valence-corrected chi connectivity index (χ1v) is 12.4. The molecule has 11 heteroatoms. The second kappa shape index (κ2) is 10.8. The summed E-state index contributed by atoms with van der Waals surface area (Å²) in [4.78, 5) is 32.1. The Morgan fingerprint density at radius 2 is 2.00 bits per heavy atom. The molecule has 2 N–H and O–H groups in total. The average Bonchev–Trinajstić information content (AvgIpc) is 3.71. The lowest BCUT2D eigenvalue weighted by Gasteiger charge is -2.19. The summed E-state index contributed by atoms with van der Waals surface area (Å²) in [6.45, 7) is 4.78. The van der Waals surface area contributed by atoms with Crippen LogP contribution in [0.3, 0.4) is 0 Å². The van der Waals surface area contributed by atoms with Gasteiger partial charge in [-0.25, -0.2) is 4.68 Å². The smallest absolute Gasteiger partial charge is 0.273 e. The Hall–Kier alpha value is -4.30. The minimum Gasteiger partial charge on any atom is -0.376 e. The fraction of sp³-hybridized carbons (Fsp3) is 0.385. The van der Waals surface area contributed by atoms with Crippen LogP contribution in [0.4, 0.5) is 11.4 Å². The number of hydrogen-bond donors (Lipinski definition) is 2. The van der Waals surface area contributed by atoms with Crippen molar-refractivity contribution in [1.82, 2.24) is 25.3 Å².